The number of nitrogens with one attached hydrogen (secondary N) is 1. The number of nitrogens with zero attached hydrogens (tertiary/aromatic N) is 3. The topological polar surface area (TPSA) is 76.3 Å². The van der Waals surface area contributed by atoms with Crippen molar-refractivity contribution in [3.63, 3.8) is 0 Å². The zero-order chi connectivity index (χ0) is 20.4. The quantitative estimate of drug-likeness (QED) is 0.513. The summed E-state index contributed by atoms with van der Waals surface area (Å²) in [5, 5.41) is 5.52. The first kappa shape index (κ1) is 19.3. The molecular weight excluding hydrogens is 388 g/mol. The minimum atomic E-state index is -0.336. The normalized spacial score (nSPS) is 13.5. The summed E-state index contributed by atoms with van der Waals surface area (Å²) in [5.41, 5.74) is 5.26. The van der Waals surface area contributed by atoms with E-state index in [1.807, 2.05) is 12.1 Å². The number of carbonyl (C=O) groups is 1. The Kier molecular flexibility index (Phi) is 5.45. The molecule has 2 aromatic carbocycles. The molecule has 1 aliphatic rings. The Hall–Kier alpha value is -2.99. The molecule has 2 heterocycles. The van der Waals surface area contributed by atoms with Gasteiger partial charge in [0, 0.05) is 23.6 Å². The zero-order valence-electron chi connectivity index (χ0n) is 16.1. The number of hydrogen-bond donors (Lipinski definition) is 1. The first-order chi connectivity index (χ1) is 14.1. The van der Waals surface area contributed by atoms with E-state index in [-0.39, 0.29) is 11.5 Å². The zero-order valence-corrected chi connectivity index (χ0v) is 16.9. The Morgan fingerprint density at radius 2 is 1.97 bits per heavy atom. The van der Waals surface area contributed by atoms with Crippen LogP contribution in [-0.4, -0.2) is 21.2 Å². The fraction of sp³-hybridized carbons (Fsp3) is 0.273. The van der Waals surface area contributed by atoms with E-state index >= 15 is 0 Å². The van der Waals surface area contributed by atoms with Crippen LogP contribution in [0.1, 0.15) is 47.9 Å². The van der Waals surface area contributed by atoms with Gasteiger partial charge in [-0.15, -0.1) is 0 Å². The van der Waals surface area contributed by atoms with Crippen LogP contribution in [-0.2, 0) is 13.0 Å². The average molecular weight is 409 g/mol. The standard InChI is InChI=1S/C22H21ClN4O2/c1-2-4-18(14-6-9-16(23)10-7-14)25-26-21(28)15-8-11-17-19(13-15)24-20-5-3-12-27(20)22(17)29/h6-11,13H,2-5,12H2,1H3,(H,26,28)/b25-18-. The van der Waals surface area contributed by atoms with Gasteiger partial charge in [-0.2, -0.15) is 5.10 Å². The fourth-order valence-electron chi connectivity index (χ4n) is 3.55. The Labute approximate surface area is 173 Å². The van der Waals surface area contributed by atoms with Gasteiger partial charge in [-0.1, -0.05) is 37.1 Å². The van der Waals surface area contributed by atoms with E-state index in [4.69, 9.17) is 11.6 Å². The molecule has 0 aliphatic carbocycles. The molecule has 0 bridgehead atoms. The van der Waals surface area contributed by atoms with Crippen molar-refractivity contribution in [1.29, 1.82) is 0 Å². The van der Waals surface area contributed by atoms with E-state index in [9.17, 15) is 9.59 Å². The Balaban J connectivity index is 1.61. The lowest BCUT2D eigenvalue weighted by Crippen LogP contribution is -2.22. The second-order valence-electron chi connectivity index (χ2n) is 7.08. The molecule has 29 heavy (non-hydrogen) atoms. The molecule has 1 N–H and O–H groups in total. The number of hydrogen-bond acceptors (Lipinski definition) is 4. The first-order valence-corrected chi connectivity index (χ1v) is 10.1. The van der Waals surface area contributed by atoms with E-state index in [2.05, 4.69) is 22.4 Å². The van der Waals surface area contributed by atoms with Crippen molar-refractivity contribution in [2.24, 2.45) is 5.10 Å². The molecule has 7 heteroatoms. The van der Waals surface area contributed by atoms with E-state index in [0.717, 1.165) is 42.8 Å². The van der Waals surface area contributed by atoms with Crippen LogP contribution < -0.4 is 11.0 Å². The molecule has 6 nitrogen and oxygen atoms in total. The average Bonchev–Trinajstić information content (AvgIpc) is 3.20. The molecule has 0 saturated heterocycles. The third-order valence-corrected chi connectivity index (χ3v) is 5.29. The summed E-state index contributed by atoms with van der Waals surface area (Å²) in [4.78, 5) is 29.8. The highest BCUT2D eigenvalue weighted by molar-refractivity contribution is 6.30. The highest BCUT2D eigenvalue weighted by Crippen LogP contribution is 2.17. The minimum absolute atomic E-state index is 0.0413. The van der Waals surface area contributed by atoms with Crippen molar-refractivity contribution in [2.45, 2.75) is 39.2 Å². The molecule has 0 atom stereocenters. The van der Waals surface area contributed by atoms with Gasteiger partial charge in [0.2, 0.25) is 0 Å². The van der Waals surface area contributed by atoms with Crippen molar-refractivity contribution in [1.82, 2.24) is 15.0 Å². The van der Waals surface area contributed by atoms with Gasteiger partial charge < -0.3 is 0 Å². The summed E-state index contributed by atoms with van der Waals surface area (Å²) in [6, 6.07) is 12.3. The predicted octanol–water partition coefficient (Wildman–Crippen LogP) is 3.93. The Morgan fingerprint density at radius 3 is 2.72 bits per heavy atom. The molecule has 0 unspecified atom stereocenters. The molecule has 1 amide bonds. The van der Waals surface area contributed by atoms with Crippen molar-refractivity contribution < 1.29 is 4.79 Å². The molecule has 0 fully saturated rings. The van der Waals surface area contributed by atoms with Crippen LogP contribution in [0.5, 0.6) is 0 Å². The van der Waals surface area contributed by atoms with Gasteiger partial charge in [0.1, 0.15) is 5.82 Å². The van der Waals surface area contributed by atoms with Crippen molar-refractivity contribution >= 4 is 34.1 Å². The summed E-state index contributed by atoms with van der Waals surface area (Å²) in [6.45, 7) is 2.76. The summed E-state index contributed by atoms with van der Waals surface area (Å²) in [6.07, 6.45) is 3.33. The predicted molar refractivity (Wildman–Crippen MR) is 115 cm³/mol. The van der Waals surface area contributed by atoms with Crippen molar-refractivity contribution in [3.8, 4) is 0 Å². The number of benzene rings is 2. The lowest BCUT2D eigenvalue weighted by molar-refractivity contribution is 0.0955. The second kappa shape index (κ2) is 8.17. The van der Waals surface area contributed by atoms with Gasteiger partial charge in [-0.25, -0.2) is 10.4 Å². The third-order valence-electron chi connectivity index (χ3n) is 5.04. The van der Waals surface area contributed by atoms with Gasteiger partial charge in [0.25, 0.3) is 11.5 Å². The van der Waals surface area contributed by atoms with Gasteiger partial charge in [-0.05, 0) is 48.7 Å². The maximum absolute atomic E-state index is 12.7. The molecule has 4 rings (SSSR count). The van der Waals surface area contributed by atoms with E-state index in [1.165, 1.54) is 0 Å². The maximum Gasteiger partial charge on any atom is 0.271 e. The molecule has 0 spiro atoms. The number of aromatic nitrogens is 2. The molecule has 1 aromatic heterocycles. The number of aryl methyl sites for hydroxylation is 1. The summed E-state index contributed by atoms with van der Waals surface area (Å²) in [5.74, 6) is 0.447. The number of rotatable bonds is 5. The first-order valence-electron chi connectivity index (χ1n) is 9.73. The van der Waals surface area contributed by atoms with Crippen LogP contribution in [0.25, 0.3) is 10.9 Å². The van der Waals surface area contributed by atoms with Gasteiger partial charge in [0.15, 0.2) is 0 Å². The largest absolute Gasteiger partial charge is 0.296 e. The highest BCUT2D eigenvalue weighted by atomic mass is 35.5. The molecule has 1 aliphatic heterocycles. The summed E-state index contributed by atoms with van der Waals surface area (Å²) >= 11 is 5.96. The lowest BCUT2D eigenvalue weighted by Gasteiger charge is -2.08. The smallest absolute Gasteiger partial charge is 0.271 e. The Bertz CT molecular complexity index is 1170. The van der Waals surface area contributed by atoms with Crippen LogP contribution in [0.4, 0.5) is 0 Å². The van der Waals surface area contributed by atoms with Crippen LogP contribution in [0.3, 0.4) is 0 Å². The molecule has 148 valence electrons. The van der Waals surface area contributed by atoms with Crippen molar-refractivity contribution in [2.75, 3.05) is 0 Å². The van der Waals surface area contributed by atoms with Crippen LogP contribution in [0.15, 0.2) is 52.4 Å². The second-order valence-corrected chi connectivity index (χ2v) is 7.51. The molecule has 3 aromatic rings. The monoisotopic (exact) mass is 408 g/mol. The molecular formula is C22H21ClN4O2. The molecule has 0 saturated carbocycles. The lowest BCUT2D eigenvalue weighted by atomic mass is 10.1. The fourth-order valence-corrected chi connectivity index (χ4v) is 3.68. The number of halogens is 1. The third kappa shape index (κ3) is 3.93. The van der Waals surface area contributed by atoms with Gasteiger partial charge >= 0.3 is 0 Å². The maximum atomic E-state index is 12.7. The summed E-state index contributed by atoms with van der Waals surface area (Å²) in [7, 11) is 0. The van der Waals surface area contributed by atoms with E-state index < -0.39 is 0 Å². The van der Waals surface area contributed by atoms with Crippen molar-refractivity contribution in [3.05, 3.63) is 74.8 Å². The van der Waals surface area contributed by atoms with Crippen LogP contribution >= 0.6 is 11.6 Å². The van der Waals surface area contributed by atoms with Gasteiger partial charge in [0.05, 0.1) is 16.6 Å². The van der Waals surface area contributed by atoms with Crippen LogP contribution in [0.2, 0.25) is 5.02 Å². The van der Waals surface area contributed by atoms with Crippen LogP contribution in [0, 0.1) is 0 Å². The number of amides is 1. The highest BCUT2D eigenvalue weighted by Gasteiger charge is 2.17. The van der Waals surface area contributed by atoms with E-state index in [0.29, 0.717) is 28.0 Å². The number of carbonyl (C=O) groups excluding carboxylic acids is 1. The minimum Gasteiger partial charge on any atom is -0.296 e. The summed E-state index contributed by atoms with van der Waals surface area (Å²) < 4.78 is 1.72. The number of fused-ring (bicyclic) bond motifs is 2. The molecule has 0 radical (unpaired) electrons. The SMILES string of the molecule is CCC/C(=N/NC(=O)c1ccc2c(=O)n3c(nc2c1)CCC3)c1ccc(Cl)cc1. The van der Waals surface area contributed by atoms with Gasteiger partial charge in [-0.3, -0.25) is 14.2 Å². The number of hydrazone groups is 1. The van der Waals surface area contributed by atoms with E-state index in [1.54, 1.807) is 34.9 Å². The Morgan fingerprint density at radius 1 is 1.21 bits per heavy atom.